The number of methoxy groups -OCH3 is 1. The number of hydrogen-bond donors (Lipinski definition) is 0. The highest BCUT2D eigenvalue weighted by Crippen LogP contribution is 2.28. The van der Waals surface area contributed by atoms with Crippen molar-refractivity contribution in [3.05, 3.63) is 29.1 Å². The summed E-state index contributed by atoms with van der Waals surface area (Å²) in [5, 5.41) is -0.883. The fourth-order valence-corrected chi connectivity index (χ4v) is 1.43. The Morgan fingerprint density at radius 2 is 2.05 bits per heavy atom. The summed E-state index contributed by atoms with van der Waals surface area (Å²) in [7, 11) is 1.46. The Balaban J connectivity index is 2.93. The Hall–Kier alpha value is -1.18. The zero-order chi connectivity index (χ0) is 14.5. The van der Waals surface area contributed by atoms with Crippen molar-refractivity contribution in [3.8, 4) is 0 Å². The molecule has 8 heteroatoms. The molecule has 0 saturated carbocycles. The molecule has 0 aliphatic carbocycles. The lowest BCUT2D eigenvalue weighted by Gasteiger charge is -2.10. The summed E-state index contributed by atoms with van der Waals surface area (Å²) in [5.41, 5.74) is -1.35. The smallest absolute Gasteiger partial charge is 0.382 e. The molecule has 0 radical (unpaired) electrons. The molecule has 0 atom stereocenters. The van der Waals surface area contributed by atoms with Gasteiger partial charge in [0.25, 0.3) is 5.24 Å². The van der Waals surface area contributed by atoms with Crippen LogP contribution < -0.4 is 0 Å². The maximum atomic E-state index is 12.5. The van der Waals surface area contributed by atoms with Crippen molar-refractivity contribution >= 4 is 16.8 Å². The first-order valence-corrected chi connectivity index (χ1v) is 5.57. The molecule has 1 aromatic rings. The summed E-state index contributed by atoms with van der Waals surface area (Å²) in [6.07, 6.45) is -4.59. The third-order valence-electron chi connectivity index (χ3n) is 2.15. The van der Waals surface area contributed by atoms with Gasteiger partial charge in [-0.05, 0) is 23.7 Å². The molecule has 0 saturated heterocycles. The molecule has 19 heavy (non-hydrogen) atoms. The number of carbonyl (C=O) groups is 1. The first-order chi connectivity index (χ1) is 8.86. The predicted molar refractivity (Wildman–Crippen MR) is 61.0 cm³/mol. The van der Waals surface area contributed by atoms with Crippen molar-refractivity contribution in [2.45, 2.75) is 12.8 Å². The second-order valence-electron chi connectivity index (χ2n) is 3.51. The van der Waals surface area contributed by atoms with E-state index in [1.165, 1.54) is 7.11 Å². The lowest BCUT2D eigenvalue weighted by atomic mass is 10.2. The molecule has 1 rings (SSSR count). The molecular formula is C11H11ClF3NO3. The summed E-state index contributed by atoms with van der Waals surface area (Å²) >= 11 is 5.27. The molecule has 106 valence electrons. The van der Waals surface area contributed by atoms with Gasteiger partial charge in [-0.25, -0.2) is 4.98 Å². The number of carbonyl (C=O) groups excluding carboxylic acids is 1. The summed E-state index contributed by atoms with van der Waals surface area (Å²) in [5.74, 6) is 0. The van der Waals surface area contributed by atoms with E-state index in [0.29, 0.717) is 6.07 Å². The van der Waals surface area contributed by atoms with Crippen LogP contribution in [0.15, 0.2) is 12.1 Å². The standard InChI is InChI=1S/C11H11ClF3NO3/c1-18-4-5-19-6-8-7(10(12)17)2-3-9(16-8)11(13,14)15/h2-3H,4-6H2,1H3. The van der Waals surface area contributed by atoms with Crippen molar-refractivity contribution in [1.29, 1.82) is 0 Å². The van der Waals surface area contributed by atoms with Crippen molar-refractivity contribution in [2.75, 3.05) is 20.3 Å². The predicted octanol–water partition coefficient (Wildman–Crippen LogP) is 2.64. The lowest BCUT2D eigenvalue weighted by Crippen LogP contribution is -2.13. The van der Waals surface area contributed by atoms with Gasteiger partial charge < -0.3 is 9.47 Å². The molecule has 0 aromatic carbocycles. The molecule has 0 fully saturated rings. The van der Waals surface area contributed by atoms with Gasteiger partial charge in [0.1, 0.15) is 5.69 Å². The van der Waals surface area contributed by atoms with Crippen LogP contribution in [0.1, 0.15) is 21.7 Å². The Bertz CT molecular complexity index is 451. The zero-order valence-electron chi connectivity index (χ0n) is 9.96. The largest absolute Gasteiger partial charge is 0.433 e. The van der Waals surface area contributed by atoms with Crippen LogP contribution in [0.4, 0.5) is 13.2 Å². The van der Waals surface area contributed by atoms with Gasteiger partial charge in [-0.15, -0.1) is 0 Å². The minimum Gasteiger partial charge on any atom is -0.382 e. The summed E-state index contributed by atoms with van der Waals surface area (Å²) in [4.78, 5) is 14.4. The molecule has 0 aliphatic rings. The SMILES string of the molecule is COCCOCc1nc(C(F)(F)F)ccc1C(=O)Cl. The van der Waals surface area contributed by atoms with Gasteiger partial charge in [-0.2, -0.15) is 13.2 Å². The van der Waals surface area contributed by atoms with Gasteiger partial charge in [0.2, 0.25) is 0 Å². The average Bonchev–Trinajstić information content (AvgIpc) is 2.33. The monoisotopic (exact) mass is 297 g/mol. The molecule has 0 aliphatic heterocycles. The van der Waals surface area contributed by atoms with Crippen LogP contribution in [0.25, 0.3) is 0 Å². The third kappa shape index (κ3) is 4.77. The van der Waals surface area contributed by atoms with E-state index in [-0.39, 0.29) is 31.1 Å². The first-order valence-electron chi connectivity index (χ1n) is 5.20. The molecule has 0 unspecified atom stereocenters. The minimum absolute atomic E-state index is 0.105. The lowest BCUT2D eigenvalue weighted by molar-refractivity contribution is -0.141. The van der Waals surface area contributed by atoms with E-state index in [2.05, 4.69) is 4.98 Å². The molecule has 1 heterocycles. The number of rotatable bonds is 6. The maximum Gasteiger partial charge on any atom is 0.433 e. The van der Waals surface area contributed by atoms with Crippen molar-refractivity contribution < 1.29 is 27.4 Å². The second kappa shape index (κ2) is 6.83. The number of aromatic nitrogens is 1. The van der Waals surface area contributed by atoms with Gasteiger partial charge in [0, 0.05) is 7.11 Å². The van der Waals surface area contributed by atoms with Gasteiger partial charge in [-0.1, -0.05) is 0 Å². The van der Waals surface area contributed by atoms with Crippen molar-refractivity contribution in [1.82, 2.24) is 4.98 Å². The Labute approximate surface area is 112 Å². The van der Waals surface area contributed by atoms with Gasteiger partial charge in [0.15, 0.2) is 0 Å². The molecular weight excluding hydrogens is 287 g/mol. The maximum absolute atomic E-state index is 12.5. The van der Waals surface area contributed by atoms with Gasteiger partial charge >= 0.3 is 6.18 Å². The highest BCUT2D eigenvalue weighted by Gasteiger charge is 2.33. The van der Waals surface area contributed by atoms with Crippen LogP contribution in [0.2, 0.25) is 0 Å². The number of nitrogens with zero attached hydrogens (tertiary/aromatic N) is 1. The van der Waals surface area contributed by atoms with Crippen LogP contribution in [0.3, 0.4) is 0 Å². The van der Waals surface area contributed by atoms with Crippen LogP contribution in [0, 0.1) is 0 Å². The topological polar surface area (TPSA) is 48.4 Å². The van der Waals surface area contributed by atoms with E-state index >= 15 is 0 Å². The zero-order valence-corrected chi connectivity index (χ0v) is 10.7. The van der Waals surface area contributed by atoms with Crippen LogP contribution in [-0.4, -0.2) is 30.5 Å². The fourth-order valence-electron chi connectivity index (χ4n) is 1.26. The van der Waals surface area contributed by atoms with Crippen LogP contribution in [-0.2, 0) is 22.3 Å². The Morgan fingerprint density at radius 3 is 2.58 bits per heavy atom. The highest BCUT2D eigenvalue weighted by atomic mass is 35.5. The minimum atomic E-state index is -4.59. The third-order valence-corrected chi connectivity index (χ3v) is 2.35. The number of hydrogen-bond acceptors (Lipinski definition) is 4. The van der Waals surface area contributed by atoms with E-state index in [9.17, 15) is 18.0 Å². The normalized spacial score (nSPS) is 11.6. The highest BCUT2D eigenvalue weighted by molar-refractivity contribution is 6.67. The van der Waals surface area contributed by atoms with Crippen molar-refractivity contribution in [2.24, 2.45) is 0 Å². The number of halogens is 4. The Morgan fingerprint density at radius 1 is 1.37 bits per heavy atom. The van der Waals surface area contributed by atoms with Gasteiger partial charge in [-0.3, -0.25) is 4.79 Å². The van der Waals surface area contributed by atoms with E-state index in [1.807, 2.05) is 0 Å². The fraction of sp³-hybridized carbons (Fsp3) is 0.455. The number of ether oxygens (including phenoxy) is 2. The molecule has 1 aromatic heterocycles. The molecule has 0 bridgehead atoms. The molecule has 0 amide bonds. The summed E-state index contributed by atoms with van der Waals surface area (Å²) in [6.45, 7) is 0.203. The molecule has 0 N–H and O–H groups in total. The molecule has 4 nitrogen and oxygen atoms in total. The van der Waals surface area contributed by atoms with Crippen LogP contribution >= 0.6 is 11.6 Å². The quantitative estimate of drug-likeness (QED) is 0.598. The first kappa shape index (κ1) is 15.9. The van der Waals surface area contributed by atoms with E-state index in [1.54, 1.807) is 0 Å². The van der Waals surface area contributed by atoms with E-state index in [0.717, 1.165) is 6.07 Å². The summed E-state index contributed by atoms with van der Waals surface area (Å²) < 4.78 is 47.3. The number of pyridine rings is 1. The van der Waals surface area contributed by atoms with Crippen molar-refractivity contribution in [3.63, 3.8) is 0 Å². The molecule has 0 spiro atoms. The average molecular weight is 298 g/mol. The van der Waals surface area contributed by atoms with E-state index in [4.69, 9.17) is 21.1 Å². The Kier molecular flexibility index (Phi) is 5.71. The second-order valence-corrected chi connectivity index (χ2v) is 3.85. The number of alkyl halides is 3. The summed E-state index contributed by atoms with van der Waals surface area (Å²) in [6, 6.07) is 1.69. The van der Waals surface area contributed by atoms with E-state index < -0.39 is 17.1 Å². The van der Waals surface area contributed by atoms with Crippen LogP contribution in [0.5, 0.6) is 0 Å². The van der Waals surface area contributed by atoms with Gasteiger partial charge in [0.05, 0.1) is 31.1 Å².